The number of imidazole rings is 1. The molecule has 0 aliphatic heterocycles. The third-order valence-corrected chi connectivity index (χ3v) is 2.48. The summed E-state index contributed by atoms with van der Waals surface area (Å²) in [4.78, 5) is 4.15. The molecule has 0 aliphatic rings. The number of rotatable bonds is 4. The van der Waals surface area contributed by atoms with Gasteiger partial charge in [0.05, 0.1) is 6.33 Å². The number of hydrogen-bond donors (Lipinski definition) is 1. The summed E-state index contributed by atoms with van der Waals surface area (Å²) in [5.74, 6) is 0.560. The minimum absolute atomic E-state index is 0.387. The second kappa shape index (κ2) is 4.42. The summed E-state index contributed by atoms with van der Waals surface area (Å²) < 4.78 is 2.20. The molecule has 74 valence electrons. The zero-order valence-electron chi connectivity index (χ0n) is 8.70. The topological polar surface area (TPSA) is 43.8 Å². The van der Waals surface area contributed by atoms with E-state index in [1.807, 2.05) is 12.5 Å². The van der Waals surface area contributed by atoms with Crippen molar-refractivity contribution in [3.63, 3.8) is 0 Å². The fourth-order valence-corrected chi connectivity index (χ4v) is 1.61. The van der Waals surface area contributed by atoms with Crippen LogP contribution in [0.3, 0.4) is 0 Å². The lowest BCUT2D eigenvalue weighted by Crippen LogP contribution is -2.24. The molecule has 3 nitrogen and oxygen atoms in total. The molecule has 0 saturated heterocycles. The van der Waals surface area contributed by atoms with Gasteiger partial charge in [0.25, 0.3) is 0 Å². The first kappa shape index (κ1) is 10.3. The number of nitrogens with two attached hydrogens (primary N) is 1. The van der Waals surface area contributed by atoms with E-state index in [2.05, 4.69) is 30.3 Å². The summed E-state index contributed by atoms with van der Waals surface area (Å²) in [6, 6.07) is 0.387. The van der Waals surface area contributed by atoms with Crippen molar-refractivity contribution in [3.05, 3.63) is 18.2 Å². The summed E-state index contributed by atoms with van der Waals surface area (Å²) in [5, 5.41) is 0. The van der Waals surface area contributed by atoms with Crippen molar-refractivity contribution in [1.29, 1.82) is 0 Å². The van der Waals surface area contributed by atoms with Crippen LogP contribution >= 0.6 is 0 Å². The average Bonchev–Trinajstić information content (AvgIpc) is 2.53. The maximum Gasteiger partial charge on any atom is 0.0951 e. The van der Waals surface area contributed by atoms with E-state index in [9.17, 15) is 0 Å². The van der Waals surface area contributed by atoms with Crippen molar-refractivity contribution < 1.29 is 0 Å². The lowest BCUT2D eigenvalue weighted by atomic mass is 10.0. The Bertz CT molecular complexity index is 252. The Balaban J connectivity index is 2.90. The van der Waals surface area contributed by atoms with Gasteiger partial charge in [0, 0.05) is 24.5 Å². The highest BCUT2D eigenvalue weighted by Crippen LogP contribution is 2.18. The second-order valence-electron chi connectivity index (χ2n) is 3.69. The molecule has 1 heterocycles. The standard InChI is InChI=1S/C10H19N3/c1-4-9-6-12-7-13(9)10(5-11)8(2)3/h6-8,10H,4-5,11H2,1-3H3. The smallest absolute Gasteiger partial charge is 0.0951 e. The van der Waals surface area contributed by atoms with Crippen LogP contribution in [0.5, 0.6) is 0 Å². The van der Waals surface area contributed by atoms with E-state index in [0.29, 0.717) is 18.5 Å². The summed E-state index contributed by atoms with van der Waals surface area (Å²) in [6.45, 7) is 7.20. The predicted molar refractivity (Wildman–Crippen MR) is 54.5 cm³/mol. The monoisotopic (exact) mass is 181 g/mol. The van der Waals surface area contributed by atoms with E-state index >= 15 is 0 Å². The number of hydrogen-bond acceptors (Lipinski definition) is 2. The first-order chi connectivity index (χ1) is 6.20. The summed E-state index contributed by atoms with van der Waals surface area (Å²) >= 11 is 0. The van der Waals surface area contributed by atoms with E-state index in [-0.39, 0.29) is 0 Å². The van der Waals surface area contributed by atoms with Gasteiger partial charge in [0.1, 0.15) is 0 Å². The molecule has 0 bridgehead atoms. The minimum Gasteiger partial charge on any atom is -0.330 e. The Morgan fingerprint density at radius 1 is 1.54 bits per heavy atom. The minimum atomic E-state index is 0.387. The van der Waals surface area contributed by atoms with Crippen molar-refractivity contribution in [1.82, 2.24) is 9.55 Å². The van der Waals surface area contributed by atoms with Crippen LogP contribution in [0.1, 0.15) is 32.5 Å². The Morgan fingerprint density at radius 3 is 2.69 bits per heavy atom. The van der Waals surface area contributed by atoms with Gasteiger partial charge in [-0.05, 0) is 12.3 Å². The molecule has 3 heteroatoms. The average molecular weight is 181 g/mol. The van der Waals surface area contributed by atoms with Gasteiger partial charge in [-0.15, -0.1) is 0 Å². The molecule has 1 rings (SSSR count). The third-order valence-electron chi connectivity index (χ3n) is 2.48. The molecule has 0 saturated carbocycles. The molecule has 1 atom stereocenters. The van der Waals surface area contributed by atoms with Crippen molar-refractivity contribution in [2.75, 3.05) is 6.54 Å². The van der Waals surface area contributed by atoms with E-state index in [4.69, 9.17) is 5.73 Å². The quantitative estimate of drug-likeness (QED) is 0.766. The van der Waals surface area contributed by atoms with Gasteiger partial charge in [-0.1, -0.05) is 20.8 Å². The molecule has 1 aromatic heterocycles. The van der Waals surface area contributed by atoms with Crippen LogP contribution in [0.15, 0.2) is 12.5 Å². The highest BCUT2D eigenvalue weighted by Gasteiger charge is 2.15. The highest BCUT2D eigenvalue weighted by atomic mass is 15.1. The lowest BCUT2D eigenvalue weighted by Gasteiger charge is -2.22. The van der Waals surface area contributed by atoms with Crippen LogP contribution in [0, 0.1) is 5.92 Å². The van der Waals surface area contributed by atoms with Crippen LogP contribution in [0.25, 0.3) is 0 Å². The van der Waals surface area contributed by atoms with Crippen molar-refractivity contribution in [3.8, 4) is 0 Å². The van der Waals surface area contributed by atoms with E-state index in [1.165, 1.54) is 5.69 Å². The zero-order valence-corrected chi connectivity index (χ0v) is 8.70. The number of aryl methyl sites for hydroxylation is 1. The van der Waals surface area contributed by atoms with Crippen LogP contribution in [-0.4, -0.2) is 16.1 Å². The molecule has 1 aromatic rings. The Morgan fingerprint density at radius 2 is 2.23 bits per heavy atom. The first-order valence-electron chi connectivity index (χ1n) is 4.91. The summed E-state index contributed by atoms with van der Waals surface area (Å²) in [5.41, 5.74) is 7.01. The molecule has 0 fully saturated rings. The molecular weight excluding hydrogens is 162 g/mol. The van der Waals surface area contributed by atoms with E-state index in [1.54, 1.807) is 0 Å². The van der Waals surface area contributed by atoms with Crippen molar-refractivity contribution in [2.24, 2.45) is 11.7 Å². The van der Waals surface area contributed by atoms with Crippen molar-refractivity contribution in [2.45, 2.75) is 33.2 Å². The predicted octanol–water partition coefficient (Wildman–Crippen LogP) is 1.60. The molecule has 2 N–H and O–H groups in total. The zero-order chi connectivity index (χ0) is 9.84. The van der Waals surface area contributed by atoms with Gasteiger partial charge in [0.2, 0.25) is 0 Å². The van der Waals surface area contributed by atoms with Gasteiger partial charge >= 0.3 is 0 Å². The molecule has 13 heavy (non-hydrogen) atoms. The molecule has 0 radical (unpaired) electrons. The first-order valence-corrected chi connectivity index (χ1v) is 4.91. The Kier molecular flexibility index (Phi) is 3.48. The second-order valence-corrected chi connectivity index (χ2v) is 3.69. The Hall–Kier alpha value is -0.830. The molecular formula is C10H19N3. The summed E-state index contributed by atoms with van der Waals surface area (Å²) in [7, 11) is 0. The van der Waals surface area contributed by atoms with Crippen molar-refractivity contribution >= 4 is 0 Å². The molecule has 0 spiro atoms. The fraction of sp³-hybridized carbons (Fsp3) is 0.700. The fourth-order valence-electron chi connectivity index (χ4n) is 1.61. The Labute approximate surface area is 80.0 Å². The molecule has 1 unspecified atom stereocenters. The van der Waals surface area contributed by atoms with Gasteiger partial charge in [-0.3, -0.25) is 0 Å². The summed E-state index contributed by atoms with van der Waals surface area (Å²) in [6.07, 6.45) is 4.82. The number of aromatic nitrogens is 2. The van der Waals surface area contributed by atoms with Crippen LogP contribution in [-0.2, 0) is 6.42 Å². The SMILES string of the molecule is CCc1cncn1C(CN)C(C)C. The van der Waals surface area contributed by atoms with Gasteiger partial charge in [-0.2, -0.15) is 0 Å². The molecule has 0 aromatic carbocycles. The van der Waals surface area contributed by atoms with E-state index < -0.39 is 0 Å². The van der Waals surface area contributed by atoms with Gasteiger partial charge < -0.3 is 10.3 Å². The molecule has 0 aliphatic carbocycles. The maximum atomic E-state index is 5.74. The van der Waals surface area contributed by atoms with Crippen LogP contribution in [0.4, 0.5) is 0 Å². The maximum absolute atomic E-state index is 5.74. The molecule has 0 amide bonds. The third kappa shape index (κ3) is 2.10. The highest BCUT2D eigenvalue weighted by molar-refractivity contribution is 5.00. The van der Waals surface area contributed by atoms with E-state index in [0.717, 1.165) is 6.42 Å². The largest absolute Gasteiger partial charge is 0.330 e. The van der Waals surface area contributed by atoms with Crippen LogP contribution in [0.2, 0.25) is 0 Å². The normalized spacial score (nSPS) is 13.6. The number of nitrogens with zero attached hydrogens (tertiary/aromatic N) is 2. The lowest BCUT2D eigenvalue weighted by molar-refractivity contribution is 0.377. The van der Waals surface area contributed by atoms with Crippen LogP contribution < -0.4 is 5.73 Å². The van der Waals surface area contributed by atoms with Gasteiger partial charge in [0.15, 0.2) is 0 Å². The van der Waals surface area contributed by atoms with Gasteiger partial charge in [-0.25, -0.2) is 4.98 Å².